The number of nitrogens with one attached hydrogen (secondary N) is 2. The van der Waals surface area contributed by atoms with E-state index in [9.17, 15) is 4.79 Å². The van der Waals surface area contributed by atoms with Gasteiger partial charge < -0.3 is 25.0 Å². The van der Waals surface area contributed by atoms with E-state index in [0.29, 0.717) is 26.3 Å². The van der Waals surface area contributed by atoms with E-state index in [-0.39, 0.29) is 35.3 Å². The quantitative estimate of drug-likeness (QED) is 0.210. The van der Waals surface area contributed by atoms with Gasteiger partial charge in [-0.05, 0) is 37.5 Å². The minimum atomic E-state index is -0.319. The number of ether oxygens (including phenoxy) is 2. The maximum atomic E-state index is 12.7. The van der Waals surface area contributed by atoms with Gasteiger partial charge in [-0.1, -0.05) is 25.0 Å². The number of nitrogens with zero attached hydrogens (tertiary/aromatic N) is 2. The molecule has 0 heterocycles. The van der Waals surface area contributed by atoms with E-state index >= 15 is 0 Å². The molecule has 8 heteroatoms. The Morgan fingerprint density at radius 3 is 2.37 bits per heavy atom. The highest BCUT2D eigenvalue weighted by atomic mass is 127. The molecule has 0 radical (unpaired) electrons. The standard InChI is InChI=1S/C22H36N4O3.HI/c1-5-23-21(25-17-22(12-6-7-13-22)20(27)26(2)3)24-16-18-8-10-19(11-9-18)29-15-14-28-4;/h8-11H,5-7,12-17H2,1-4H3,(H2,23,24,25);1H. The Balaban J connectivity index is 0.00000450. The Morgan fingerprint density at radius 1 is 1.13 bits per heavy atom. The number of benzene rings is 1. The van der Waals surface area contributed by atoms with Crippen LogP contribution >= 0.6 is 24.0 Å². The molecule has 0 aliphatic heterocycles. The highest BCUT2D eigenvalue weighted by Gasteiger charge is 2.42. The molecule has 1 aromatic rings. The molecule has 1 amide bonds. The minimum Gasteiger partial charge on any atom is -0.491 e. The SMILES string of the molecule is CCNC(=NCc1ccc(OCCOC)cc1)NCC1(C(=O)N(C)C)CCCC1.I. The number of methoxy groups -OCH3 is 1. The first kappa shape index (κ1) is 26.5. The average Bonchev–Trinajstić information content (AvgIpc) is 3.20. The molecule has 1 aromatic carbocycles. The number of carbonyl (C=O) groups excluding carboxylic acids is 1. The average molecular weight is 532 g/mol. The van der Waals surface area contributed by atoms with Crippen molar-refractivity contribution >= 4 is 35.8 Å². The monoisotopic (exact) mass is 532 g/mol. The van der Waals surface area contributed by atoms with Crippen LogP contribution < -0.4 is 15.4 Å². The highest BCUT2D eigenvalue weighted by molar-refractivity contribution is 14.0. The Hall–Kier alpha value is -1.55. The van der Waals surface area contributed by atoms with Gasteiger partial charge in [0.05, 0.1) is 18.6 Å². The van der Waals surface area contributed by atoms with Gasteiger partial charge in [-0.3, -0.25) is 4.79 Å². The molecule has 1 saturated carbocycles. The third-order valence-corrected chi connectivity index (χ3v) is 5.26. The van der Waals surface area contributed by atoms with E-state index in [1.807, 2.05) is 45.3 Å². The second-order valence-electron chi connectivity index (χ2n) is 7.72. The number of amides is 1. The summed E-state index contributed by atoms with van der Waals surface area (Å²) in [6.07, 6.45) is 4.07. The summed E-state index contributed by atoms with van der Waals surface area (Å²) in [5, 5.41) is 6.69. The van der Waals surface area contributed by atoms with Crippen LogP contribution in [0, 0.1) is 5.41 Å². The van der Waals surface area contributed by atoms with Crippen LogP contribution in [0.2, 0.25) is 0 Å². The van der Waals surface area contributed by atoms with E-state index in [2.05, 4.69) is 10.6 Å². The van der Waals surface area contributed by atoms with Gasteiger partial charge in [0, 0.05) is 34.3 Å². The number of rotatable bonds is 10. The zero-order valence-corrected chi connectivity index (χ0v) is 21.0. The van der Waals surface area contributed by atoms with Gasteiger partial charge in [-0.15, -0.1) is 24.0 Å². The van der Waals surface area contributed by atoms with Crippen LogP contribution in [-0.2, 0) is 16.1 Å². The van der Waals surface area contributed by atoms with Crippen molar-refractivity contribution in [2.24, 2.45) is 10.4 Å². The maximum Gasteiger partial charge on any atom is 0.230 e. The summed E-state index contributed by atoms with van der Waals surface area (Å²) in [7, 11) is 5.33. The summed E-state index contributed by atoms with van der Waals surface area (Å²) in [5.41, 5.74) is 0.780. The van der Waals surface area contributed by atoms with E-state index in [1.54, 1.807) is 12.0 Å². The summed E-state index contributed by atoms with van der Waals surface area (Å²) in [6.45, 7) is 5.09. The molecule has 1 aliphatic carbocycles. The van der Waals surface area contributed by atoms with Crippen LogP contribution in [0.15, 0.2) is 29.3 Å². The van der Waals surface area contributed by atoms with E-state index in [4.69, 9.17) is 14.5 Å². The van der Waals surface area contributed by atoms with Gasteiger partial charge in [0.25, 0.3) is 0 Å². The topological polar surface area (TPSA) is 75.2 Å². The Labute approximate surface area is 198 Å². The molecule has 2 rings (SSSR count). The largest absolute Gasteiger partial charge is 0.491 e. The van der Waals surface area contributed by atoms with Gasteiger partial charge in [-0.25, -0.2) is 4.99 Å². The van der Waals surface area contributed by atoms with Gasteiger partial charge in [0.15, 0.2) is 5.96 Å². The molecule has 0 bridgehead atoms. The first-order chi connectivity index (χ1) is 14.0. The molecule has 30 heavy (non-hydrogen) atoms. The number of aliphatic imine (C=N–C) groups is 1. The Bertz CT molecular complexity index is 659. The van der Waals surface area contributed by atoms with Gasteiger partial charge in [-0.2, -0.15) is 0 Å². The number of guanidine groups is 1. The summed E-state index contributed by atoms with van der Waals surface area (Å²) >= 11 is 0. The molecule has 0 spiro atoms. The molecule has 0 saturated heterocycles. The van der Waals surface area contributed by atoms with E-state index < -0.39 is 0 Å². The van der Waals surface area contributed by atoms with Crippen LogP contribution in [-0.4, -0.2) is 64.3 Å². The summed E-state index contributed by atoms with van der Waals surface area (Å²) in [6, 6.07) is 7.93. The minimum absolute atomic E-state index is 0. The zero-order chi connectivity index (χ0) is 21.1. The first-order valence-electron chi connectivity index (χ1n) is 10.5. The van der Waals surface area contributed by atoms with Crippen molar-refractivity contribution in [1.29, 1.82) is 0 Å². The lowest BCUT2D eigenvalue weighted by Crippen LogP contribution is -2.49. The van der Waals surface area contributed by atoms with Crippen LogP contribution in [0.25, 0.3) is 0 Å². The van der Waals surface area contributed by atoms with Crippen molar-refractivity contribution in [2.45, 2.75) is 39.2 Å². The highest BCUT2D eigenvalue weighted by Crippen LogP contribution is 2.38. The number of halogens is 1. The molecule has 0 unspecified atom stereocenters. The fourth-order valence-corrected chi connectivity index (χ4v) is 3.69. The second-order valence-corrected chi connectivity index (χ2v) is 7.72. The molecule has 1 aliphatic rings. The van der Waals surface area contributed by atoms with Crippen molar-refractivity contribution in [1.82, 2.24) is 15.5 Å². The van der Waals surface area contributed by atoms with Crippen LogP contribution in [0.3, 0.4) is 0 Å². The molecule has 170 valence electrons. The smallest absolute Gasteiger partial charge is 0.230 e. The van der Waals surface area contributed by atoms with Crippen LogP contribution in [0.4, 0.5) is 0 Å². The lowest BCUT2D eigenvalue weighted by molar-refractivity contribution is -0.138. The summed E-state index contributed by atoms with van der Waals surface area (Å²) in [5.74, 6) is 1.78. The molecular weight excluding hydrogens is 495 g/mol. The third kappa shape index (κ3) is 7.94. The Morgan fingerprint density at radius 2 is 1.80 bits per heavy atom. The molecular formula is C22H37IN4O3. The van der Waals surface area contributed by atoms with E-state index in [0.717, 1.165) is 49.5 Å². The summed E-state index contributed by atoms with van der Waals surface area (Å²) < 4.78 is 10.6. The number of hydrogen-bond donors (Lipinski definition) is 2. The predicted molar refractivity (Wildman–Crippen MR) is 132 cm³/mol. The molecule has 1 fully saturated rings. The van der Waals surface area contributed by atoms with Crippen molar-refractivity contribution in [3.8, 4) is 5.75 Å². The predicted octanol–water partition coefficient (Wildman–Crippen LogP) is 3.03. The fraction of sp³-hybridized carbons (Fsp3) is 0.636. The second kappa shape index (κ2) is 13.7. The van der Waals surface area contributed by atoms with Gasteiger partial charge in [0.1, 0.15) is 12.4 Å². The van der Waals surface area contributed by atoms with E-state index in [1.165, 1.54) is 0 Å². The molecule has 2 N–H and O–H groups in total. The van der Waals surface area contributed by atoms with Crippen molar-refractivity contribution in [3.63, 3.8) is 0 Å². The first-order valence-corrected chi connectivity index (χ1v) is 10.5. The fourth-order valence-electron chi connectivity index (χ4n) is 3.69. The zero-order valence-electron chi connectivity index (χ0n) is 18.7. The summed E-state index contributed by atoms with van der Waals surface area (Å²) in [4.78, 5) is 19.2. The number of carbonyl (C=O) groups is 1. The molecule has 0 atom stereocenters. The van der Waals surface area contributed by atoms with Crippen molar-refractivity contribution < 1.29 is 14.3 Å². The number of hydrogen-bond acceptors (Lipinski definition) is 4. The molecule has 0 aromatic heterocycles. The lowest BCUT2D eigenvalue weighted by atomic mass is 9.84. The normalized spacial score (nSPS) is 15.3. The van der Waals surface area contributed by atoms with Gasteiger partial charge >= 0.3 is 0 Å². The van der Waals surface area contributed by atoms with Crippen molar-refractivity contribution in [2.75, 3.05) is 47.5 Å². The third-order valence-electron chi connectivity index (χ3n) is 5.26. The van der Waals surface area contributed by atoms with Crippen LogP contribution in [0.1, 0.15) is 38.2 Å². The van der Waals surface area contributed by atoms with Crippen molar-refractivity contribution in [3.05, 3.63) is 29.8 Å². The molecule has 7 nitrogen and oxygen atoms in total. The van der Waals surface area contributed by atoms with Crippen LogP contribution in [0.5, 0.6) is 5.75 Å². The lowest BCUT2D eigenvalue weighted by Gasteiger charge is -2.31. The maximum absolute atomic E-state index is 12.7. The Kier molecular flexibility index (Phi) is 12.1. The van der Waals surface area contributed by atoms with Gasteiger partial charge in [0.2, 0.25) is 5.91 Å².